The number of likely N-dealkylation sites (N-methyl/N-ethyl adjacent to an activating group) is 1. The van der Waals surface area contributed by atoms with Gasteiger partial charge in [-0.25, -0.2) is 4.79 Å². The van der Waals surface area contributed by atoms with Crippen LogP contribution in [0.2, 0.25) is 0 Å². The van der Waals surface area contributed by atoms with E-state index in [1.807, 2.05) is 19.1 Å². The second-order valence-corrected chi connectivity index (χ2v) is 4.45. The van der Waals surface area contributed by atoms with Gasteiger partial charge in [-0.15, -0.1) is 0 Å². The first kappa shape index (κ1) is 12.5. The summed E-state index contributed by atoms with van der Waals surface area (Å²) in [6.45, 7) is 2.59. The normalized spacial score (nSPS) is 18.8. The van der Waals surface area contributed by atoms with Crippen LogP contribution in [0, 0.1) is 6.92 Å². The van der Waals surface area contributed by atoms with E-state index in [0.717, 1.165) is 22.6 Å². The van der Waals surface area contributed by atoms with E-state index in [2.05, 4.69) is 5.32 Å². The number of ether oxygens (including phenoxy) is 2. The van der Waals surface area contributed by atoms with Crippen molar-refractivity contribution in [3.63, 3.8) is 0 Å². The van der Waals surface area contributed by atoms with E-state index in [1.54, 1.807) is 26.2 Å². The van der Waals surface area contributed by atoms with Crippen LogP contribution in [0.1, 0.15) is 17.2 Å². The molecule has 0 aromatic heterocycles. The zero-order chi connectivity index (χ0) is 13.3. The SMILES string of the molecule is COc1cc(C2CN(C)C(=O)N2)c(OC)cc1C. The van der Waals surface area contributed by atoms with Crippen molar-refractivity contribution in [2.75, 3.05) is 27.8 Å². The Labute approximate surface area is 107 Å². The Balaban J connectivity index is 2.40. The number of aryl methyl sites for hydroxylation is 1. The number of benzene rings is 1. The van der Waals surface area contributed by atoms with E-state index in [4.69, 9.17) is 9.47 Å². The lowest BCUT2D eigenvalue weighted by atomic mass is 10.0. The maximum absolute atomic E-state index is 11.5. The zero-order valence-corrected chi connectivity index (χ0v) is 11.1. The van der Waals surface area contributed by atoms with Crippen molar-refractivity contribution in [1.82, 2.24) is 10.2 Å². The van der Waals surface area contributed by atoms with Gasteiger partial charge >= 0.3 is 6.03 Å². The number of rotatable bonds is 3. The monoisotopic (exact) mass is 250 g/mol. The predicted octanol–water partition coefficient (Wildman–Crippen LogP) is 1.71. The number of nitrogens with zero attached hydrogens (tertiary/aromatic N) is 1. The van der Waals surface area contributed by atoms with Gasteiger partial charge in [0, 0.05) is 19.2 Å². The number of hydrogen-bond donors (Lipinski definition) is 1. The average molecular weight is 250 g/mol. The number of hydrogen-bond acceptors (Lipinski definition) is 3. The first-order valence-electron chi connectivity index (χ1n) is 5.81. The second-order valence-electron chi connectivity index (χ2n) is 4.45. The van der Waals surface area contributed by atoms with Gasteiger partial charge in [0.05, 0.1) is 20.3 Å². The molecule has 0 spiro atoms. The quantitative estimate of drug-likeness (QED) is 0.888. The molecule has 1 aromatic carbocycles. The van der Waals surface area contributed by atoms with Crippen LogP contribution < -0.4 is 14.8 Å². The molecule has 0 saturated carbocycles. The minimum absolute atomic E-state index is 0.0630. The first-order chi connectivity index (χ1) is 8.56. The van der Waals surface area contributed by atoms with E-state index in [1.165, 1.54) is 0 Å². The standard InChI is InChI=1S/C13H18N2O3/c1-8-5-12(18-4)9(6-11(8)17-3)10-7-15(2)13(16)14-10/h5-6,10H,7H2,1-4H3,(H,14,16). The van der Waals surface area contributed by atoms with Gasteiger partial charge in [-0.05, 0) is 24.6 Å². The molecule has 5 heteroatoms. The molecule has 5 nitrogen and oxygen atoms in total. The molecule has 0 aliphatic carbocycles. The average Bonchev–Trinajstić information content (AvgIpc) is 2.69. The van der Waals surface area contributed by atoms with Crippen molar-refractivity contribution in [3.05, 3.63) is 23.3 Å². The molecule has 1 unspecified atom stereocenters. The lowest BCUT2D eigenvalue weighted by Crippen LogP contribution is -2.24. The molecule has 1 aliphatic rings. The molecule has 98 valence electrons. The van der Waals surface area contributed by atoms with Crippen molar-refractivity contribution < 1.29 is 14.3 Å². The molecule has 2 amide bonds. The molecular weight excluding hydrogens is 232 g/mol. The summed E-state index contributed by atoms with van der Waals surface area (Å²) >= 11 is 0. The van der Waals surface area contributed by atoms with Gasteiger partial charge in [-0.1, -0.05) is 0 Å². The van der Waals surface area contributed by atoms with Crippen molar-refractivity contribution >= 4 is 6.03 Å². The third kappa shape index (κ3) is 2.08. The Hall–Kier alpha value is -1.91. The number of carbonyl (C=O) groups excluding carboxylic acids is 1. The third-order valence-corrected chi connectivity index (χ3v) is 3.22. The van der Waals surface area contributed by atoms with E-state index < -0.39 is 0 Å². The molecule has 0 radical (unpaired) electrons. The highest BCUT2D eigenvalue weighted by atomic mass is 16.5. The highest BCUT2D eigenvalue weighted by molar-refractivity contribution is 5.77. The lowest BCUT2D eigenvalue weighted by molar-refractivity contribution is 0.226. The zero-order valence-electron chi connectivity index (χ0n) is 11.1. The highest BCUT2D eigenvalue weighted by Crippen LogP contribution is 2.34. The van der Waals surface area contributed by atoms with Crippen LogP contribution in [0.4, 0.5) is 4.79 Å². The minimum Gasteiger partial charge on any atom is -0.496 e. The summed E-state index contributed by atoms with van der Waals surface area (Å²) < 4.78 is 10.7. The summed E-state index contributed by atoms with van der Waals surface area (Å²) in [5.74, 6) is 1.57. The maximum Gasteiger partial charge on any atom is 0.317 e. The summed E-state index contributed by atoms with van der Waals surface area (Å²) in [6.07, 6.45) is 0. The van der Waals surface area contributed by atoms with Crippen LogP contribution in [0.15, 0.2) is 12.1 Å². The molecular formula is C13H18N2O3. The Kier molecular flexibility index (Phi) is 3.32. The maximum atomic E-state index is 11.5. The molecule has 1 aliphatic heterocycles. The fourth-order valence-corrected chi connectivity index (χ4v) is 2.18. The molecule has 1 saturated heterocycles. The summed E-state index contributed by atoms with van der Waals surface area (Å²) in [5.41, 5.74) is 1.95. The van der Waals surface area contributed by atoms with Crippen molar-refractivity contribution in [2.45, 2.75) is 13.0 Å². The van der Waals surface area contributed by atoms with Crippen LogP contribution in [-0.4, -0.2) is 38.7 Å². The Morgan fingerprint density at radius 2 is 1.94 bits per heavy atom. The van der Waals surface area contributed by atoms with Gasteiger partial charge in [-0.2, -0.15) is 0 Å². The first-order valence-corrected chi connectivity index (χ1v) is 5.81. The van der Waals surface area contributed by atoms with E-state index in [9.17, 15) is 4.79 Å². The Morgan fingerprint density at radius 1 is 1.28 bits per heavy atom. The van der Waals surface area contributed by atoms with Gasteiger partial charge < -0.3 is 19.7 Å². The van der Waals surface area contributed by atoms with Gasteiger partial charge in [0.15, 0.2) is 0 Å². The van der Waals surface area contributed by atoms with Crippen molar-refractivity contribution in [1.29, 1.82) is 0 Å². The summed E-state index contributed by atoms with van der Waals surface area (Å²) in [7, 11) is 5.04. The highest BCUT2D eigenvalue weighted by Gasteiger charge is 2.29. The largest absolute Gasteiger partial charge is 0.496 e. The van der Waals surface area contributed by atoms with Crippen LogP contribution in [0.3, 0.4) is 0 Å². The minimum atomic E-state index is -0.0680. The molecule has 1 atom stereocenters. The summed E-state index contributed by atoms with van der Waals surface area (Å²) in [5, 5.41) is 2.92. The molecule has 1 aromatic rings. The number of methoxy groups -OCH3 is 2. The summed E-state index contributed by atoms with van der Waals surface area (Å²) in [4.78, 5) is 13.2. The molecule has 1 N–H and O–H groups in total. The summed E-state index contributed by atoms with van der Waals surface area (Å²) in [6, 6.07) is 3.73. The number of carbonyl (C=O) groups is 1. The van der Waals surface area contributed by atoms with Crippen LogP contribution in [-0.2, 0) is 0 Å². The van der Waals surface area contributed by atoms with Crippen molar-refractivity contribution in [2.24, 2.45) is 0 Å². The number of amides is 2. The fraction of sp³-hybridized carbons (Fsp3) is 0.462. The Bertz CT molecular complexity index is 474. The van der Waals surface area contributed by atoms with Gasteiger partial charge in [-0.3, -0.25) is 0 Å². The molecule has 0 bridgehead atoms. The molecule has 1 fully saturated rings. The number of nitrogens with one attached hydrogen (secondary N) is 1. The Morgan fingerprint density at radius 3 is 2.44 bits per heavy atom. The van der Waals surface area contributed by atoms with Crippen LogP contribution >= 0.6 is 0 Å². The molecule has 1 heterocycles. The van der Waals surface area contributed by atoms with Crippen LogP contribution in [0.5, 0.6) is 11.5 Å². The molecule has 2 rings (SSSR count). The number of urea groups is 1. The molecule has 18 heavy (non-hydrogen) atoms. The smallest absolute Gasteiger partial charge is 0.317 e. The third-order valence-electron chi connectivity index (χ3n) is 3.22. The van der Waals surface area contributed by atoms with Gasteiger partial charge in [0.25, 0.3) is 0 Å². The van der Waals surface area contributed by atoms with Gasteiger partial charge in [0.1, 0.15) is 11.5 Å². The van der Waals surface area contributed by atoms with Gasteiger partial charge in [0.2, 0.25) is 0 Å². The topological polar surface area (TPSA) is 50.8 Å². The van der Waals surface area contributed by atoms with E-state index in [0.29, 0.717) is 6.54 Å². The van der Waals surface area contributed by atoms with E-state index in [-0.39, 0.29) is 12.1 Å². The fourth-order valence-electron chi connectivity index (χ4n) is 2.18. The second kappa shape index (κ2) is 4.76. The van der Waals surface area contributed by atoms with E-state index >= 15 is 0 Å². The lowest BCUT2D eigenvalue weighted by Gasteiger charge is -2.17. The predicted molar refractivity (Wildman–Crippen MR) is 68.2 cm³/mol. The van der Waals surface area contributed by atoms with Crippen molar-refractivity contribution in [3.8, 4) is 11.5 Å². The van der Waals surface area contributed by atoms with Crippen LogP contribution in [0.25, 0.3) is 0 Å².